The summed E-state index contributed by atoms with van der Waals surface area (Å²) in [6.07, 6.45) is 4.26. The summed E-state index contributed by atoms with van der Waals surface area (Å²) >= 11 is 0. The summed E-state index contributed by atoms with van der Waals surface area (Å²) < 4.78 is 0. The predicted octanol–water partition coefficient (Wildman–Crippen LogP) is 0.959. The van der Waals surface area contributed by atoms with Gasteiger partial charge < -0.3 is 5.32 Å². The molecule has 6 heteroatoms. The van der Waals surface area contributed by atoms with Crippen molar-refractivity contribution in [2.75, 3.05) is 11.9 Å². The molecule has 0 saturated carbocycles. The van der Waals surface area contributed by atoms with Crippen molar-refractivity contribution in [3.05, 3.63) is 11.4 Å². The van der Waals surface area contributed by atoms with Gasteiger partial charge in [-0.2, -0.15) is 5.10 Å². The maximum absolute atomic E-state index is 12.0. The van der Waals surface area contributed by atoms with Crippen LogP contribution in [0, 0.1) is 13.8 Å². The van der Waals surface area contributed by atoms with Gasteiger partial charge in [0.05, 0.1) is 17.4 Å². The summed E-state index contributed by atoms with van der Waals surface area (Å²) in [6, 6.07) is -0.141. The van der Waals surface area contributed by atoms with Gasteiger partial charge in [-0.1, -0.05) is 12.8 Å². The molecule has 6 nitrogen and oxygen atoms in total. The van der Waals surface area contributed by atoms with Crippen LogP contribution in [0.5, 0.6) is 0 Å². The summed E-state index contributed by atoms with van der Waals surface area (Å²) in [4.78, 5) is 16.2. The van der Waals surface area contributed by atoms with Crippen molar-refractivity contribution < 1.29 is 4.79 Å². The molecule has 1 aliphatic heterocycles. The van der Waals surface area contributed by atoms with Crippen LogP contribution in [0.15, 0.2) is 0 Å². The van der Waals surface area contributed by atoms with Gasteiger partial charge in [-0.05, 0) is 33.2 Å². The third kappa shape index (κ3) is 3.22. The number of hydrogen-bond donors (Lipinski definition) is 2. The van der Waals surface area contributed by atoms with E-state index in [0.717, 1.165) is 37.2 Å². The van der Waals surface area contributed by atoms with Crippen molar-refractivity contribution in [3.8, 4) is 0 Å². The third-order valence-corrected chi connectivity index (χ3v) is 3.20. The number of anilines is 1. The molecule has 0 radical (unpaired) electrons. The molecule has 1 aliphatic rings. The molecular formula is C12H19N5O. The molecular weight excluding hydrogens is 230 g/mol. The molecule has 2 heterocycles. The Morgan fingerprint density at radius 1 is 1.22 bits per heavy atom. The van der Waals surface area contributed by atoms with E-state index in [1.54, 1.807) is 0 Å². The molecule has 0 spiro atoms. The minimum atomic E-state index is -0.141. The van der Waals surface area contributed by atoms with Gasteiger partial charge in [0, 0.05) is 0 Å². The van der Waals surface area contributed by atoms with Crippen LogP contribution in [0.2, 0.25) is 0 Å². The van der Waals surface area contributed by atoms with Crippen LogP contribution < -0.4 is 10.6 Å². The van der Waals surface area contributed by atoms with Crippen molar-refractivity contribution >= 4 is 11.9 Å². The van der Waals surface area contributed by atoms with E-state index in [-0.39, 0.29) is 17.9 Å². The van der Waals surface area contributed by atoms with Crippen LogP contribution in [0.3, 0.4) is 0 Å². The fourth-order valence-electron chi connectivity index (χ4n) is 1.96. The fourth-order valence-corrected chi connectivity index (χ4v) is 1.96. The number of carbonyl (C=O) groups excluding carboxylic acids is 1. The summed E-state index contributed by atoms with van der Waals surface area (Å²) in [5.74, 6) is 0.219. The van der Waals surface area contributed by atoms with Crippen LogP contribution in [-0.4, -0.2) is 33.7 Å². The highest BCUT2D eigenvalue weighted by atomic mass is 16.2. The zero-order valence-corrected chi connectivity index (χ0v) is 10.9. The second-order valence-corrected chi connectivity index (χ2v) is 4.65. The average molecular weight is 249 g/mol. The first-order chi connectivity index (χ1) is 8.66. The summed E-state index contributed by atoms with van der Waals surface area (Å²) in [5.41, 5.74) is 1.56. The van der Waals surface area contributed by atoms with Crippen molar-refractivity contribution in [2.24, 2.45) is 0 Å². The predicted molar refractivity (Wildman–Crippen MR) is 68.2 cm³/mol. The van der Waals surface area contributed by atoms with Crippen LogP contribution in [0.25, 0.3) is 0 Å². The van der Waals surface area contributed by atoms with E-state index in [4.69, 9.17) is 0 Å². The lowest BCUT2D eigenvalue weighted by Crippen LogP contribution is -2.40. The number of rotatable bonds is 2. The fraction of sp³-hybridized carbons (Fsp3) is 0.667. The van der Waals surface area contributed by atoms with Crippen molar-refractivity contribution in [1.82, 2.24) is 20.5 Å². The van der Waals surface area contributed by atoms with Crippen LogP contribution in [0.1, 0.15) is 37.1 Å². The zero-order chi connectivity index (χ0) is 13.0. The highest BCUT2D eigenvalue weighted by Gasteiger charge is 2.20. The minimum absolute atomic E-state index is 0.0676. The molecule has 1 saturated heterocycles. The van der Waals surface area contributed by atoms with Gasteiger partial charge in [0.25, 0.3) is 0 Å². The van der Waals surface area contributed by atoms with E-state index in [0.29, 0.717) is 0 Å². The smallest absolute Gasteiger partial charge is 0.249 e. The highest BCUT2D eigenvalue weighted by Crippen LogP contribution is 2.10. The Bertz CT molecular complexity index is 426. The number of nitrogens with zero attached hydrogens (tertiary/aromatic N) is 3. The first-order valence-electron chi connectivity index (χ1n) is 6.39. The highest BCUT2D eigenvalue weighted by molar-refractivity contribution is 5.93. The standard InChI is InChI=1S/C12H19N5O/c1-8-9(2)16-17-12(14-8)15-11(18)10-6-4-3-5-7-13-10/h10,13H,3-7H2,1-2H3,(H,14,15,17,18). The van der Waals surface area contributed by atoms with Crippen LogP contribution >= 0.6 is 0 Å². The first-order valence-corrected chi connectivity index (χ1v) is 6.39. The third-order valence-electron chi connectivity index (χ3n) is 3.20. The lowest BCUT2D eigenvalue weighted by atomic mass is 10.1. The van der Waals surface area contributed by atoms with Crippen molar-refractivity contribution in [1.29, 1.82) is 0 Å². The zero-order valence-electron chi connectivity index (χ0n) is 10.9. The van der Waals surface area contributed by atoms with Gasteiger partial charge in [-0.15, -0.1) is 5.10 Å². The number of aromatic nitrogens is 3. The van der Waals surface area contributed by atoms with E-state index in [9.17, 15) is 4.79 Å². The van der Waals surface area contributed by atoms with Gasteiger partial charge >= 0.3 is 0 Å². The Morgan fingerprint density at radius 3 is 2.83 bits per heavy atom. The number of nitrogens with one attached hydrogen (secondary N) is 2. The number of aryl methyl sites for hydroxylation is 2. The molecule has 2 rings (SSSR count). The number of carbonyl (C=O) groups is 1. The second-order valence-electron chi connectivity index (χ2n) is 4.65. The minimum Gasteiger partial charge on any atom is -0.306 e. The van der Waals surface area contributed by atoms with Crippen LogP contribution in [-0.2, 0) is 4.79 Å². The Morgan fingerprint density at radius 2 is 2.06 bits per heavy atom. The maximum Gasteiger partial charge on any atom is 0.249 e. The Labute approximate surface area is 107 Å². The summed E-state index contributed by atoms with van der Waals surface area (Å²) in [7, 11) is 0. The molecule has 1 atom stereocenters. The maximum atomic E-state index is 12.0. The quantitative estimate of drug-likeness (QED) is 0.816. The monoisotopic (exact) mass is 249 g/mol. The lowest BCUT2D eigenvalue weighted by Gasteiger charge is -2.14. The van der Waals surface area contributed by atoms with E-state index >= 15 is 0 Å². The molecule has 1 unspecified atom stereocenters. The topological polar surface area (TPSA) is 79.8 Å². The summed E-state index contributed by atoms with van der Waals surface area (Å²) in [5, 5.41) is 13.8. The average Bonchev–Trinajstić information content (AvgIpc) is 2.62. The van der Waals surface area contributed by atoms with E-state index in [1.807, 2.05) is 13.8 Å². The first kappa shape index (κ1) is 12.9. The second kappa shape index (κ2) is 5.86. The molecule has 0 bridgehead atoms. The molecule has 2 N–H and O–H groups in total. The molecule has 0 aliphatic carbocycles. The Balaban J connectivity index is 1.99. The van der Waals surface area contributed by atoms with Crippen molar-refractivity contribution in [2.45, 2.75) is 45.6 Å². The van der Waals surface area contributed by atoms with Gasteiger partial charge in [0.1, 0.15) is 0 Å². The number of hydrogen-bond acceptors (Lipinski definition) is 5. The van der Waals surface area contributed by atoms with E-state index < -0.39 is 0 Å². The molecule has 98 valence electrons. The van der Waals surface area contributed by atoms with Gasteiger partial charge in [-0.25, -0.2) is 4.98 Å². The summed E-state index contributed by atoms with van der Waals surface area (Å²) in [6.45, 7) is 4.58. The molecule has 18 heavy (non-hydrogen) atoms. The Kier molecular flexibility index (Phi) is 4.19. The van der Waals surface area contributed by atoms with Crippen molar-refractivity contribution in [3.63, 3.8) is 0 Å². The van der Waals surface area contributed by atoms with Gasteiger partial charge in [0.2, 0.25) is 11.9 Å². The molecule has 1 fully saturated rings. The molecule has 1 aromatic heterocycles. The molecule has 0 aromatic carbocycles. The number of amides is 1. The molecule has 1 aromatic rings. The van der Waals surface area contributed by atoms with E-state index in [2.05, 4.69) is 25.8 Å². The Hall–Kier alpha value is -1.56. The van der Waals surface area contributed by atoms with E-state index in [1.165, 1.54) is 6.42 Å². The lowest BCUT2D eigenvalue weighted by molar-refractivity contribution is -0.118. The normalized spacial score (nSPS) is 20.2. The van der Waals surface area contributed by atoms with Gasteiger partial charge in [0.15, 0.2) is 0 Å². The largest absolute Gasteiger partial charge is 0.306 e. The molecule has 1 amide bonds. The SMILES string of the molecule is Cc1nnc(NC(=O)C2CCCCCN2)nc1C. The van der Waals surface area contributed by atoms with Crippen LogP contribution in [0.4, 0.5) is 5.95 Å². The van der Waals surface area contributed by atoms with Gasteiger partial charge in [-0.3, -0.25) is 10.1 Å².